The highest BCUT2D eigenvalue weighted by molar-refractivity contribution is 14.1. The van der Waals surface area contributed by atoms with E-state index in [-0.39, 0.29) is 11.8 Å². The molecule has 1 saturated carbocycles. The van der Waals surface area contributed by atoms with Crippen molar-refractivity contribution in [2.45, 2.75) is 49.4 Å². The molecule has 2 amide bonds. The van der Waals surface area contributed by atoms with E-state index < -0.39 is 9.21 Å². The summed E-state index contributed by atoms with van der Waals surface area (Å²) in [5, 5.41) is 5.96. The number of carbonyl (C=O) groups is 2. The zero-order valence-corrected chi connectivity index (χ0v) is 22.1. The summed E-state index contributed by atoms with van der Waals surface area (Å²) in [7, 11) is 0. The number of fused-ring (bicyclic) bond motifs is 1. The predicted octanol–water partition coefficient (Wildman–Crippen LogP) is 5.85. The fourth-order valence-corrected chi connectivity index (χ4v) is 4.92. The molecule has 3 aromatic carbocycles. The molecular formula is C28H27IN2O4. The lowest BCUT2D eigenvalue weighted by Crippen LogP contribution is -2.28. The molecule has 0 saturated heterocycles. The second-order valence-electron chi connectivity index (χ2n) is 9.37. The lowest BCUT2D eigenvalue weighted by Gasteiger charge is -2.17. The van der Waals surface area contributed by atoms with E-state index in [2.05, 4.69) is 40.1 Å². The van der Waals surface area contributed by atoms with Crippen molar-refractivity contribution in [3.8, 4) is 22.6 Å². The van der Waals surface area contributed by atoms with Crippen LogP contribution in [0.25, 0.3) is 11.1 Å². The van der Waals surface area contributed by atoms with Crippen molar-refractivity contribution >= 4 is 40.1 Å². The summed E-state index contributed by atoms with van der Waals surface area (Å²) in [5.74, 6) is 1.33. The van der Waals surface area contributed by atoms with Gasteiger partial charge in [0.25, 0.3) is 3.79 Å². The minimum Gasteiger partial charge on any atom is -0.440 e. The number of carbonyl (C=O) groups excluding carboxylic acids is 2. The second-order valence-corrected chi connectivity index (χ2v) is 11.3. The van der Waals surface area contributed by atoms with Crippen molar-refractivity contribution in [2.24, 2.45) is 0 Å². The summed E-state index contributed by atoms with van der Waals surface area (Å²) in [5.41, 5.74) is 5.45. The fourth-order valence-electron chi connectivity index (χ4n) is 4.45. The molecule has 35 heavy (non-hydrogen) atoms. The summed E-state index contributed by atoms with van der Waals surface area (Å²) in [6, 6.07) is 19.9. The Kier molecular flexibility index (Phi) is 5.99. The standard InChI is InChI=1S/C28H27IN2O4/c1-17-4-10-22(15-23(17)20-7-5-19(6-8-20)16-30-18(2)32)31-26(33)28(12-13-28)21-9-11-24-25(14-21)35-27(3,29)34-24/h4-11,14-15H,12-13,16H2,1-3H3,(H,30,32)(H,31,33). The van der Waals surface area contributed by atoms with Crippen LogP contribution in [-0.2, 0) is 21.5 Å². The quantitative estimate of drug-likeness (QED) is 0.283. The molecule has 0 radical (unpaired) electrons. The Morgan fingerprint density at radius 2 is 1.69 bits per heavy atom. The van der Waals surface area contributed by atoms with Crippen LogP contribution in [0, 0.1) is 6.92 Å². The monoisotopic (exact) mass is 582 g/mol. The summed E-state index contributed by atoms with van der Waals surface area (Å²) in [6.45, 7) is 5.93. The third-order valence-electron chi connectivity index (χ3n) is 6.57. The first-order valence-corrected chi connectivity index (χ1v) is 12.7. The van der Waals surface area contributed by atoms with Gasteiger partial charge in [0.15, 0.2) is 11.5 Å². The normalized spacial score (nSPS) is 19.2. The van der Waals surface area contributed by atoms with Crippen LogP contribution < -0.4 is 20.1 Å². The van der Waals surface area contributed by atoms with Gasteiger partial charge in [0, 0.05) is 48.7 Å². The molecule has 1 aliphatic carbocycles. The van der Waals surface area contributed by atoms with E-state index in [0.717, 1.165) is 46.3 Å². The smallest absolute Gasteiger partial charge is 0.300 e. The van der Waals surface area contributed by atoms with Crippen LogP contribution in [-0.4, -0.2) is 15.6 Å². The van der Waals surface area contributed by atoms with Gasteiger partial charge in [-0.25, -0.2) is 0 Å². The van der Waals surface area contributed by atoms with Gasteiger partial charge in [0.05, 0.1) is 5.41 Å². The minimum absolute atomic E-state index is 0.00550. The van der Waals surface area contributed by atoms with Crippen LogP contribution in [0.3, 0.4) is 0 Å². The van der Waals surface area contributed by atoms with E-state index in [4.69, 9.17) is 9.47 Å². The van der Waals surface area contributed by atoms with Crippen LogP contribution >= 0.6 is 22.6 Å². The van der Waals surface area contributed by atoms with Crippen molar-refractivity contribution in [1.82, 2.24) is 5.32 Å². The number of ether oxygens (including phenoxy) is 2. The van der Waals surface area contributed by atoms with Crippen LogP contribution in [0.2, 0.25) is 0 Å². The van der Waals surface area contributed by atoms with Crippen molar-refractivity contribution < 1.29 is 19.1 Å². The van der Waals surface area contributed by atoms with Crippen molar-refractivity contribution in [2.75, 3.05) is 5.32 Å². The highest BCUT2D eigenvalue weighted by Gasteiger charge is 2.52. The number of halogens is 1. The Hall–Kier alpha value is -3.07. The Morgan fingerprint density at radius 1 is 0.971 bits per heavy atom. The van der Waals surface area contributed by atoms with Gasteiger partial charge in [-0.05, 0) is 71.8 Å². The minimum atomic E-state index is -0.724. The zero-order chi connectivity index (χ0) is 24.8. The summed E-state index contributed by atoms with van der Waals surface area (Å²) < 4.78 is 10.9. The number of alkyl halides is 1. The number of anilines is 1. The van der Waals surface area contributed by atoms with Crippen molar-refractivity contribution in [1.29, 1.82) is 0 Å². The lowest BCUT2D eigenvalue weighted by atomic mass is 9.94. The van der Waals surface area contributed by atoms with E-state index in [0.29, 0.717) is 18.0 Å². The largest absolute Gasteiger partial charge is 0.440 e. The van der Waals surface area contributed by atoms with E-state index in [1.54, 1.807) is 0 Å². The predicted molar refractivity (Wildman–Crippen MR) is 144 cm³/mol. The van der Waals surface area contributed by atoms with Crippen molar-refractivity contribution in [3.05, 3.63) is 77.4 Å². The third kappa shape index (κ3) is 4.87. The number of hydrogen-bond donors (Lipinski definition) is 2. The number of hydrogen-bond acceptors (Lipinski definition) is 4. The molecule has 0 aromatic heterocycles. The second kappa shape index (κ2) is 8.86. The molecule has 1 heterocycles. The van der Waals surface area contributed by atoms with E-state index >= 15 is 0 Å². The average Bonchev–Trinajstić information content (AvgIpc) is 3.56. The van der Waals surface area contributed by atoms with Gasteiger partial charge in [-0.3, -0.25) is 9.59 Å². The molecule has 3 aromatic rings. The molecule has 180 valence electrons. The Bertz CT molecular complexity index is 1310. The molecule has 2 aliphatic rings. The molecule has 1 atom stereocenters. The fraction of sp³-hybridized carbons (Fsp3) is 0.286. The lowest BCUT2D eigenvalue weighted by molar-refractivity contribution is -0.119. The van der Waals surface area contributed by atoms with Crippen LogP contribution in [0.4, 0.5) is 5.69 Å². The zero-order valence-electron chi connectivity index (χ0n) is 19.9. The molecule has 7 heteroatoms. The maximum absolute atomic E-state index is 13.4. The van der Waals surface area contributed by atoms with Gasteiger partial charge in [-0.1, -0.05) is 36.4 Å². The number of benzene rings is 3. The van der Waals surface area contributed by atoms with Gasteiger partial charge in [0.1, 0.15) is 0 Å². The van der Waals surface area contributed by atoms with Gasteiger partial charge in [0.2, 0.25) is 11.8 Å². The number of amides is 2. The van der Waals surface area contributed by atoms with Crippen LogP contribution in [0.15, 0.2) is 60.7 Å². The summed E-state index contributed by atoms with van der Waals surface area (Å²) in [6.07, 6.45) is 1.60. The van der Waals surface area contributed by atoms with Crippen LogP contribution in [0.5, 0.6) is 11.5 Å². The van der Waals surface area contributed by atoms with E-state index in [9.17, 15) is 9.59 Å². The van der Waals surface area contributed by atoms with Gasteiger partial charge in [-0.15, -0.1) is 0 Å². The first kappa shape index (κ1) is 23.7. The summed E-state index contributed by atoms with van der Waals surface area (Å²) in [4.78, 5) is 24.6. The Labute approximate surface area is 218 Å². The summed E-state index contributed by atoms with van der Waals surface area (Å²) >= 11 is 2.12. The van der Waals surface area contributed by atoms with Crippen molar-refractivity contribution in [3.63, 3.8) is 0 Å². The van der Waals surface area contributed by atoms with Gasteiger partial charge in [-0.2, -0.15) is 0 Å². The number of rotatable bonds is 6. The molecule has 6 nitrogen and oxygen atoms in total. The number of aryl methyl sites for hydroxylation is 1. The molecule has 2 N–H and O–H groups in total. The first-order chi connectivity index (χ1) is 16.6. The Balaban J connectivity index is 1.34. The molecule has 1 unspecified atom stereocenters. The molecule has 0 spiro atoms. The maximum atomic E-state index is 13.4. The molecule has 5 rings (SSSR count). The van der Waals surface area contributed by atoms with Crippen LogP contribution in [0.1, 0.15) is 43.4 Å². The molecule has 1 aliphatic heterocycles. The SMILES string of the molecule is CC(=O)NCc1ccc(-c2cc(NC(=O)C3(c4ccc5c(c4)OC(C)(I)O5)CC3)ccc2C)cc1. The Morgan fingerprint density at radius 3 is 2.37 bits per heavy atom. The third-order valence-corrected chi connectivity index (χ3v) is 7.01. The van der Waals surface area contributed by atoms with Gasteiger partial charge >= 0.3 is 0 Å². The maximum Gasteiger partial charge on any atom is 0.300 e. The molecular weight excluding hydrogens is 555 g/mol. The first-order valence-electron chi connectivity index (χ1n) is 11.6. The van der Waals surface area contributed by atoms with E-state index in [1.807, 2.05) is 67.6 Å². The van der Waals surface area contributed by atoms with Gasteiger partial charge < -0.3 is 20.1 Å². The van der Waals surface area contributed by atoms with E-state index in [1.165, 1.54) is 6.92 Å². The average molecular weight is 582 g/mol. The number of nitrogens with one attached hydrogen (secondary N) is 2. The highest BCUT2D eigenvalue weighted by Crippen LogP contribution is 2.52. The molecule has 1 fully saturated rings. The topological polar surface area (TPSA) is 76.7 Å². The highest BCUT2D eigenvalue weighted by atomic mass is 127. The molecule has 0 bridgehead atoms.